The van der Waals surface area contributed by atoms with Crippen LogP contribution in [0.4, 0.5) is 0 Å². The quantitative estimate of drug-likeness (QED) is 0.911. The van der Waals surface area contributed by atoms with E-state index in [-0.39, 0.29) is 17.7 Å². The van der Waals surface area contributed by atoms with Crippen molar-refractivity contribution >= 4 is 11.8 Å². The molecule has 6 nitrogen and oxygen atoms in total. The van der Waals surface area contributed by atoms with E-state index < -0.39 is 0 Å². The second-order valence-corrected chi connectivity index (χ2v) is 6.17. The first-order valence-electron chi connectivity index (χ1n) is 7.95. The maximum absolute atomic E-state index is 12.3. The largest absolute Gasteiger partial charge is 0.352 e. The first-order valence-corrected chi connectivity index (χ1v) is 7.95. The number of hydrogen-bond donors (Lipinski definition) is 1. The Kier molecular flexibility index (Phi) is 4.55. The van der Waals surface area contributed by atoms with E-state index in [1.165, 1.54) is 17.4 Å². The Hall–Kier alpha value is -2.76. The summed E-state index contributed by atoms with van der Waals surface area (Å²) in [6.07, 6.45) is 4.97. The number of amides is 2. The van der Waals surface area contributed by atoms with Gasteiger partial charge in [0.1, 0.15) is 6.33 Å². The summed E-state index contributed by atoms with van der Waals surface area (Å²) in [5.74, 6) is 0.213. The van der Waals surface area contributed by atoms with E-state index in [1.54, 1.807) is 14.1 Å². The second-order valence-electron chi connectivity index (χ2n) is 6.17. The Bertz CT molecular complexity index is 752. The molecule has 1 fully saturated rings. The lowest BCUT2D eigenvalue weighted by Gasteiger charge is -2.13. The number of aromatic nitrogens is 2. The molecule has 1 N–H and O–H groups in total. The number of hydrogen-bond acceptors (Lipinski definition) is 4. The molecule has 124 valence electrons. The van der Waals surface area contributed by atoms with Gasteiger partial charge in [0, 0.05) is 38.3 Å². The van der Waals surface area contributed by atoms with E-state index in [4.69, 9.17) is 0 Å². The topological polar surface area (TPSA) is 75.2 Å². The summed E-state index contributed by atoms with van der Waals surface area (Å²) in [7, 11) is 3.40. The van der Waals surface area contributed by atoms with Gasteiger partial charge in [0.05, 0.1) is 11.3 Å². The van der Waals surface area contributed by atoms with E-state index >= 15 is 0 Å². The van der Waals surface area contributed by atoms with E-state index in [1.807, 2.05) is 24.3 Å². The van der Waals surface area contributed by atoms with Crippen LogP contribution in [0.5, 0.6) is 0 Å². The lowest BCUT2D eigenvalue weighted by molar-refractivity contribution is -0.122. The summed E-state index contributed by atoms with van der Waals surface area (Å²) >= 11 is 0. The molecule has 6 heteroatoms. The van der Waals surface area contributed by atoms with E-state index in [0.29, 0.717) is 17.8 Å². The average molecular weight is 324 g/mol. The predicted octanol–water partition coefficient (Wildman–Crippen LogP) is 1.87. The van der Waals surface area contributed by atoms with Crippen LogP contribution in [0.1, 0.15) is 28.8 Å². The second kappa shape index (κ2) is 6.78. The highest BCUT2D eigenvalue weighted by Crippen LogP contribution is 2.29. The number of nitrogens with zero attached hydrogens (tertiary/aromatic N) is 3. The average Bonchev–Trinajstić information content (AvgIpc) is 3.44. The normalized spacial score (nSPS) is 13.4. The minimum absolute atomic E-state index is 0.133. The van der Waals surface area contributed by atoms with E-state index in [2.05, 4.69) is 15.3 Å². The maximum Gasteiger partial charge on any atom is 0.257 e. The van der Waals surface area contributed by atoms with E-state index in [9.17, 15) is 9.59 Å². The van der Waals surface area contributed by atoms with Crippen molar-refractivity contribution in [3.8, 4) is 11.3 Å². The van der Waals surface area contributed by atoms with Crippen molar-refractivity contribution in [2.45, 2.75) is 19.4 Å². The molecule has 2 amide bonds. The molecule has 0 unspecified atom stereocenters. The molecular formula is C18H20N4O2. The molecule has 1 aliphatic rings. The van der Waals surface area contributed by atoms with Crippen molar-refractivity contribution < 1.29 is 9.59 Å². The van der Waals surface area contributed by atoms with Crippen molar-refractivity contribution in [3.05, 3.63) is 47.9 Å². The minimum Gasteiger partial charge on any atom is -0.352 e. The highest BCUT2D eigenvalue weighted by Gasteiger charge is 2.29. The predicted molar refractivity (Wildman–Crippen MR) is 90.1 cm³/mol. The number of carbonyl (C=O) groups excluding carboxylic acids is 2. The lowest BCUT2D eigenvalue weighted by Crippen LogP contribution is -2.24. The third-order valence-corrected chi connectivity index (χ3v) is 3.99. The van der Waals surface area contributed by atoms with Crippen LogP contribution in [0.2, 0.25) is 0 Å². The van der Waals surface area contributed by atoms with Gasteiger partial charge in [-0.15, -0.1) is 0 Å². The van der Waals surface area contributed by atoms with Crippen molar-refractivity contribution in [3.63, 3.8) is 0 Å². The van der Waals surface area contributed by atoms with Crippen molar-refractivity contribution in [1.29, 1.82) is 0 Å². The molecule has 0 radical (unpaired) electrons. The third kappa shape index (κ3) is 3.59. The molecule has 2 aromatic rings. The van der Waals surface area contributed by atoms with E-state index in [0.717, 1.165) is 24.0 Å². The molecule has 0 atom stereocenters. The fraction of sp³-hybridized carbons (Fsp3) is 0.333. The van der Waals surface area contributed by atoms with Gasteiger partial charge in [-0.1, -0.05) is 24.3 Å². The van der Waals surface area contributed by atoms with Crippen LogP contribution in [0.3, 0.4) is 0 Å². The monoisotopic (exact) mass is 324 g/mol. The molecule has 0 spiro atoms. The van der Waals surface area contributed by atoms with Crippen molar-refractivity contribution in [2.24, 2.45) is 5.92 Å². The minimum atomic E-state index is -0.133. The molecule has 0 bridgehead atoms. The molecule has 1 aromatic heterocycles. The van der Waals surface area contributed by atoms with Gasteiger partial charge >= 0.3 is 0 Å². The highest BCUT2D eigenvalue weighted by atomic mass is 16.2. The molecule has 1 saturated carbocycles. The van der Waals surface area contributed by atoms with Crippen LogP contribution in [-0.2, 0) is 11.3 Å². The van der Waals surface area contributed by atoms with Crippen molar-refractivity contribution in [2.75, 3.05) is 14.1 Å². The summed E-state index contributed by atoms with van der Waals surface area (Å²) < 4.78 is 0. The van der Waals surface area contributed by atoms with Crippen LogP contribution in [0.25, 0.3) is 11.3 Å². The fourth-order valence-electron chi connectivity index (χ4n) is 2.42. The van der Waals surface area contributed by atoms with Crippen molar-refractivity contribution in [1.82, 2.24) is 20.2 Å². The SMILES string of the molecule is CN(C)C(=O)c1cncnc1-c1ccc(CNC(=O)C2CC2)cc1. The highest BCUT2D eigenvalue weighted by molar-refractivity contribution is 5.99. The molecular weight excluding hydrogens is 304 g/mol. The summed E-state index contributed by atoms with van der Waals surface area (Å²) in [4.78, 5) is 33.7. The zero-order chi connectivity index (χ0) is 17.1. The standard InChI is InChI=1S/C18H20N4O2/c1-22(2)18(24)15-10-19-11-21-16(15)13-5-3-12(4-6-13)9-20-17(23)14-7-8-14/h3-6,10-11,14H,7-9H2,1-2H3,(H,20,23). The Morgan fingerprint density at radius 3 is 2.54 bits per heavy atom. The van der Waals surface area contributed by atoms with Crippen LogP contribution < -0.4 is 5.32 Å². The van der Waals surface area contributed by atoms with Gasteiger partial charge in [0.2, 0.25) is 5.91 Å². The Balaban J connectivity index is 1.76. The molecule has 24 heavy (non-hydrogen) atoms. The number of rotatable bonds is 5. The zero-order valence-corrected chi connectivity index (χ0v) is 13.8. The smallest absolute Gasteiger partial charge is 0.257 e. The van der Waals surface area contributed by atoms with Crippen LogP contribution in [0.15, 0.2) is 36.8 Å². The molecule has 1 heterocycles. The number of nitrogens with one attached hydrogen (secondary N) is 1. The number of benzene rings is 1. The fourth-order valence-corrected chi connectivity index (χ4v) is 2.42. The first kappa shape index (κ1) is 16.1. The number of carbonyl (C=O) groups is 2. The molecule has 0 saturated heterocycles. The summed E-state index contributed by atoms with van der Waals surface area (Å²) in [5.41, 5.74) is 2.94. The molecule has 1 aromatic carbocycles. The van der Waals surface area contributed by atoms with Crippen LogP contribution in [-0.4, -0.2) is 40.8 Å². The van der Waals surface area contributed by atoms with Gasteiger partial charge in [-0.2, -0.15) is 0 Å². The summed E-state index contributed by atoms with van der Waals surface area (Å²) in [6, 6.07) is 7.70. The Morgan fingerprint density at radius 2 is 1.92 bits per heavy atom. The Labute approximate surface area is 140 Å². The first-order chi connectivity index (χ1) is 11.6. The third-order valence-electron chi connectivity index (χ3n) is 3.99. The van der Waals surface area contributed by atoms with Gasteiger partial charge in [-0.3, -0.25) is 9.59 Å². The zero-order valence-electron chi connectivity index (χ0n) is 13.8. The maximum atomic E-state index is 12.3. The molecule has 0 aliphatic heterocycles. The van der Waals surface area contributed by atoms with Gasteiger partial charge in [0.15, 0.2) is 0 Å². The van der Waals surface area contributed by atoms with Gasteiger partial charge in [-0.05, 0) is 18.4 Å². The lowest BCUT2D eigenvalue weighted by atomic mass is 10.0. The van der Waals surface area contributed by atoms with Crippen LogP contribution in [0, 0.1) is 5.92 Å². The molecule has 3 rings (SSSR count). The Morgan fingerprint density at radius 1 is 1.21 bits per heavy atom. The van der Waals surface area contributed by atoms with Crippen LogP contribution >= 0.6 is 0 Å². The summed E-state index contributed by atoms with van der Waals surface area (Å²) in [5, 5.41) is 2.94. The summed E-state index contributed by atoms with van der Waals surface area (Å²) in [6.45, 7) is 0.517. The molecule has 1 aliphatic carbocycles. The van der Waals surface area contributed by atoms with Gasteiger partial charge in [-0.25, -0.2) is 9.97 Å². The van der Waals surface area contributed by atoms with Gasteiger partial charge < -0.3 is 10.2 Å². The van der Waals surface area contributed by atoms with Gasteiger partial charge in [0.25, 0.3) is 5.91 Å².